The van der Waals surface area contributed by atoms with Crippen LogP contribution in [0, 0.1) is 11.8 Å². The number of carbonyl (C=O) groups is 2. The van der Waals surface area contributed by atoms with Crippen LogP contribution in [0.3, 0.4) is 0 Å². The van der Waals surface area contributed by atoms with Crippen LogP contribution in [0.25, 0.3) is 0 Å². The Bertz CT molecular complexity index is 448. The average Bonchev–Trinajstić information content (AvgIpc) is 2.99. The lowest BCUT2D eigenvalue weighted by atomic mass is 9.77. The van der Waals surface area contributed by atoms with Gasteiger partial charge in [0, 0.05) is 20.3 Å². The Morgan fingerprint density at radius 2 is 2.47 bits per heavy atom. The van der Waals surface area contributed by atoms with Crippen molar-refractivity contribution in [1.29, 1.82) is 0 Å². The van der Waals surface area contributed by atoms with Gasteiger partial charge in [0.25, 0.3) is 0 Å². The predicted molar refractivity (Wildman–Crippen MR) is 64.4 cm³/mol. The van der Waals surface area contributed by atoms with Crippen molar-refractivity contribution in [2.75, 3.05) is 26.8 Å². The van der Waals surface area contributed by atoms with Crippen molar-refractivity contribution >= 4 is 11.9 Å². The molecule has 0 radical (unpaired) electrons. The summed E-state index contributed by atoms with van der Waals surface area (Å²) in [7, 11) is 1.62. The van der Waals surface area contributed by atoms with Gasteiger partial charge in [-0.05, 0) is 6.42 Å². The van der Waals surface area contributed by atoms with Gasteiger partial charge in [-0.25, -0.2) is 0 Å². The molecule has 0 aliphatic carbocycles. The third kappa shape index (κ3) is 1.70. The number of ether oxygens (including phenoxy) is 2. The average molecular weight is 267 g/mol. The highest BCUT2D eigenvalue weighted by atomic mass is 16.5. The van der Waals surface area contributed by atoms with Gasteiger partial charge in [0.05, 0.1) is 18.6 Å². The second kappa shape index (κ2) is 4.31. The zero-order chi connectivity index (χ0) is 13.6. The molecule has 1 amide bonds. The Morgan fingerprint density at radius 3 is 3.16 bits per heavy atom. The number of carbonyl (C=O) groups excluding carboxylic acids is 1. The number of amides is 1. The van der Waals surface area contributed by atoms with Gasteiger partial charge >= 0.3 is 5.97 Å². The molecule has 3 heterocycles. The molecule has 3 aliphatic heterocycles. The van der Waals surface area contributed by atoms with Crippen molar-refractivity contribution in [1.82, 2.24) is 4.90 Å². The quantitative estimate of drug-likeness (QED) is 0.555. The highest BCUT2D eigenvalue weighted by Crippen LogP contribution is 2.51. The van der Waals surface area contributed by atoms with E-state index in [0.717, 1.165) is 6.42 Å². The van der Waals surface area contributed by atoms with E-state index in [2.05, 4.69) is 0 Å². The first kappa shape index (κ1) is 12.6. The first-order chi connectivity index (χ1) is 9.09. The van der Waals surface area contributed by atoms with E-state index in [1.54, 1.807) is 18.1 Å². The molecule has 104 valence electrons. The zero-order valence-electron chi connectivity index (χ0n) is 10.7. The summed E-state index contributed by atoms with van der Waals surface area (Å²) >= 11 is 0. The SMILES string of the molecule is COCCCN1C[C@@]23C=C[C@@H](O2)[C@H](C(=O)O)[C@@H]3C1=O. The van der Waals surface area contributed by atoms with Crippen LogP contribution in [-0.4, -0.2) is 60.4 Å². The molecule has 0 unspecified atom stereocenters. The molecule has 3 aliphatic rings. The Kier molecular flexibility index (Phi) is 2.87. The van der Waals surface area contributed by atoms with E-state index in [0.29, 0.717) is 19.7 Å². The van der Waals surface area contributed by atoms with Crippen LogP contribution in [0.15, 0.2) is 12.2 Å². The smallest absolute Gasteiger partial charge is 0.310 e. The Hall–Kier alpha value is -1.40. The van der Waals surface area contributed by atoms with Gasteiger partial charge in [0.15, 0.2) is 0 Å². The first-order valence-corrected chi connectivity index (χ1v) is 6.47. The molecular formula is C13H17NO5. The number of carboxylic acid groups (broad SMARTS) is 1. The lowest BCUT2D eigenvalue weighted by Crippen LogP contribution is -2.39. The van der Waals surface area contributed by atoms with E-state index in [9.17, 15) is 14.7 Å². The number of carboxylic acids is 1. The van der Waals surface area contributed by atoms with Crippen molar-refractivity contribution in [3.8, 4) is 0 Å². The molecule has 0 aromatic heterocycles. The molecule has 4 atom stereocenters. The lowest BCUT2D eigenvalue weighted by molar-refractivity contribution is -0.148. The number of hydrogen-bond donors (Lipinski definition) is 1. The molecule has 0 aromatic rings. The number of rotatable bonds is 5. The number of likely N-dealkylation sites (tertiary alicyclic amines) is 1. The van der Waals surface area contributed by atoms with E-state index >= 15 is 0 Å². The largest absolute Gasteiger partial charge is 0.481 e. The van der Waals surface area contributed by atoms with Crippen molar-refractivity contribution in [3.05, 3.63) is 12.2 Å². The molecule has 3 rings (SSSR count). The van der Waals surface area contributed by atoms with Gasteiger partial charge in [0.1, 0.15) is 11.5 Å². The molecule has 0 aromatic carbocycles. The number of aliphatic carboxylic acids is 1. The summed E-state index contributed by atoms with van der Waals surface area (Å²) in [5.74, 6) is -2.36. The van der Waals surface area contributed by atoms with Crippen molar-refractivity contribution in [2.24, 2.45) is 11.8 Å². The normalized spacial score (nSPS) is 39.1. The van der Waals surface area contributed by atoms with E-state index in [4.69, 9.17) is 9.47 Å². The fourth-order valence-electron chi connectivity index (χ4n) is 3.45. The van der Waals surface area contributed by atoms with Crippen LogP contribution in [0.5, 0.6) is 0 Å². The van der Waals surface area contributed by atoms with Gasteiger partial charge in [-0.3, -0.25) is 9.59 Å². The molecule has 2 fully saturated rings. The van der Waals surface area contributed by atoms with Gasteiger partial charge in [0.2, 0.25) is 5.91 Å². The summed E-state index contributed by atoms with van der Waals surface area (Å²) in [6.07, 6.45) is 3.94. The predicted octanol–water partition coefficient (Wildman–Crippen LogP) is -0.111. The van der Waals surface area contributed by atoms with Crippen LogP contribution < -0.4 is 0 Å². The highest BCUT2D eigenvalue weighted by Gasteiger charge is 2.66. The minimum Gasteiger partial charge on any atom is -0.481 e. The molecule has 6 heteroatoms. The highest BCUT2D eigenvalue weighted by molar-refractivity contribution is 5.90. The van der Waals surface area contributed by atoms with Crippen molar-refractivity contribution in [2.45, 2.75) is 18.1 Å². The van der Waals surface area contributed by atoms with E-state index in [1.807, 2.05) is 6.08 Å². The van der Waals surface area contributed by atoms with Gasteiger partial charge < -0.3 is 19.5 Å². The third-order valence-electron chi connectivity index (χ3n) is 4.24. The topological polar surface area (TPSA) is 76.1 Å². The van der Waals surface area contributed by atoms with E-state index in [-0.39, 0.29) is 5.91 Å². The van der Waals surface area contributed by atoms with Crippen LogP contribution >= 0.6 is 0 Å². The minimum atomic E-state index is -0.951. The lowest BCUT2D eigenvalue weighted by Gasteiger charge is -2.21. The fourth-order valence-corrected chi connectivity index (χ4v) is 3.45. The van der Waals surface area contributed by atoms with Gasteiger partial charge in [-0.2, -0.15) is 0 Å². The third-order valence-corrected chi connectivity index (χ3v) is 4.24. The maximum Gasteiger partial charge on any atom is 0.310 e. The Balaban J connectivity index is 1.79. The summed E-state index contributed by atoms with van der Waals surface area (Å²) in [4.78, 5) is 25.4. The van der Waals surface area contributed by atoms with Crippen LogP contribution in [0.1, 0.15) is 6.42 Å². The monoisotopic (exact) mass is 267 g/mol. The van der Waals surface area contributed by atoms with E-state index in [1.165, 1.54) is 0 Å². The van der Waals surface area contributed by atoms with E-state index < -0.39 is 29.5 Å². The first-order valence-electron chi connectivity index (χ1n) is 6.47. The summed E-state index contributed by atoms with van der Waals surface area (Å²) in [5.41, 5.74) is -0.710. The second-order valence-electron chi connectivity index (χ2n) is 5.34. The summed E-state index contributed by atoms with van der Waals surface area (Å²) in [6.45, 7) is 1.62. The molecular weight excluding hydrogens is 250 g/mol. The molecule has 0 saturated carbocycles. The number of nitrogens with zero attached hydrogens (tertiary/aromatic N) is 1. The maximum absolute atomic E-state index is 12.4. The Morgan fingerprint density at radius 1 is 1.68 bits per heavy atom. The van der Waals surface area contributed by atoms with Crippen LogP contribution in [-0.2, 0) is 19.1 Å². The van der Waals surface area contributed by atoms with Crippen LogP contribution in [0.2, 0.25) is 0 Å². The summed E-state index contributed by atoms with van der Waals surface area (Å²) in [5, 5.41) is 9.29. The number of fused-ring (bicyclic) bond motifs is 1. The summed E-state index contributed by atoms with van der Waals surface area (Å²) in [6, 6.07) is 0. The minimum absolute atomic E-state index is 0.102. The second-order valence-corrected chi connectivity index (χ2v) is 5.34. The molecule has 6 nitrogen and oxygen atoms in total. The molecule has 2 bridgehead atoms. The number of hydrogen-bond acceptors (Lipinski definition) is 4. The zero-order valence-corrected chi connectivity index (χ0v) is 10.7. The molecule has 1 spiro atoms. The van der Waals surface area contributed by atoms with Gasteiger partial charge in [-0.15, -0.1) is 0 Å². The fraction of sp³-hybridized carbons (Fsp3) is 0.692. The Labute approximate surface area is 111 Å². The molecule has 1 N–H and O–H groups in total. The van der Waals surface area contributed by atoms with Crippen molar-refractivity contribution < 1.29 is 24.2 Å². The van der Waals surface area contributed by atoms with Gasteiger partial charge in [-0.1, -0.05) is 12.2 Å². The standard InChI is InChI=1S/C13H17NO5/c1-18-6-2-5-14-7-13-4-3-8(19-13)9(12(16)17)10(13)11(14)15/h3-4,8-10H,2,5-7H2,1H3,(H,16,17)/t8-,9+,10-,13-/m1/s1. The molecule has 2 saturated heterocycles. The molecule has 19 heavy (non-hydrogen) atoms. The number of methoxy groups -OCH3 is 1. The van der Waals surface area contributed by atoms with Crippen LogP contribution in [0.4, 0.5) is 0 Å². The van der Waals surface area contributed by atoms with Crippen molar-refractivity contribution in [3.63, 3.8) is 0 Å². The maximum atomic E-state index is 12.4. The summed E-state index contributed by atoms with van der Waals surface area (Å²) < 4.78 is 10.8.